The van der Waals surface area contributed by atoms with Gasteiger partial charge in [0.15, 0.2) is 5.65 Å². The summed E-state index contributed by atoms with van der Waals surface area (Å²) in [5, 5.41) is 5.34. The Balaban J connectivity index is 0.000000461. The normalized spacial score (nSPS) is 9.71. The second-order valence-electron chi connectivity index (χ2n) is 2.55. The van der Waals surface area contributed by atoms with Crippen LogP contribution in [0.2, 0.25) is 0 Å². The van der Waals surface area contributed by atoms with Crippen molar-refractivity contribution in [2.45, 2.75) is 25.8 Å². The number of thioether (sulfide) groups is 1. The van der Waals surface area contributed by atoms with E-state index < -0.39 is 0 Å². The molecule has 0 aliphatic rings. The molecular weight excluding hydrogens is 194 g/mol. The zero-order chi connectivity index (χ0) is 10.6. The summed E-state index contributed by atoms with van der Waals surface area (Å²) in [6.07, 6.45) is 5.68. The monoisotopic (exact) mass is 209 g/mol. The van der Waals surface area contributed by atoms with Crippen molar-refractivity contribution in [2.75, 3.05) is 6.26 Å². The molecule has 0 radical (unpaired) electrons. The fraction of sp³-hybridized carbons (Fsp3) is 0.400. The van der Waals surface area contributed by atoms with E-state index in [2.05, 4.69) is 10.1 Å². The molecule has 0 amide bonds. The molecule has 0 aliphatic carbocycles. The SMILES string of the molecule is CC.CSc1ccnc2c(C)cnn12. The molecule has 4 heteroatoms. The zero-order valence-electron chi connectivity index (χ0n) is 8.98. The van der Waals surface area contributed by atoms with E-state index >= 15 is 0 Å². The van der Waals surface area contributed by atoms with Gasteiger partial charge in [0.2, 0.25) is 0 Å². The standard InChI is InChI=1S/C8H9N3S.C2H6/c1-6-5-10-11-7(12-2)3-4-9-8(6)11;1-2/h3-5H,1-2H3;1-2H3. The molecule has 0 spiro atoms. The Labute approximate surface area is 88.5 Å². The fourth-order valence-electron chi connectivity index (χ4n) is 1.14. The van der Waals surface area contributed by atoms with Crippen LogP contribution in [0.25, 0.3) is 5.65 Å². The first-order valence-corrected chi connectivity index (χ1v) is 5.89. The molecule has 2 aromatic heterocycles. The predicted octanol–water partition coefficient (Wildman–Crippen LogP) is 2.79. The van der Waals surface area contributed by atoms with Crippen molar-refractivity contribution in [3.8, 4) is 0 Å². The van der Waals surface area contributed by atoms with Crippen molar-refractivity contribution >= 4 is 17.4 Å². The van der Waals surface area contributed by atoms with Crippen LogP contribution in [0.3, 0.4) is 0 Å². The molecule has 3 nitrogen and oxygen atoms in total. The molecule has 2 aromatic rings. The summed E-state index contributed by atoms with van der Waals surface area (Å²) < 4.78 is 1.86. The lowest BCUT2D eigenvalue weighted by atomic mass is 10.4. The van der Waals surface area contributed by atoms with Gasteiger partial charge < -0.3 is 0 Å². The van der Waals surface area contributed by atoms with Crippen molar-refractivity contribution in [2.24, 2.45) is 0 Å². The molecule has 0 unspecified atom stereocenters. The molecule has 0 aliphatic heterocycles. The first-order valence-electron chi connectivity index (χ1n) is 4.66. The van der Waals surface area contributed by atoms with Gasteiger partial charge >= 0.3 is 0 Å². The van der Waals surface area contributed by atoms with Crippen LogP contribution in [0.1, 0.15) is 19.4 Å². The van der Waals surface area contributed by atoms with E-state index in [0.717, 1.165) is 16.2 Å². The Morgan fingerprint density at radius 3 is 2.71 bits per heavy atom. The first-order chi connectivity index (χ1) is 6.83. The van der Waals surface area contributed by atoms with Crippen LogP contribution in [0.15, 0.2) is 23.5 Å². The van der Waals surface area contributed by atoms with Crippen LogP contribution in [0, 0.1) is 6.92 Å². The fourth-order valence-corrected chi connectivity index (χ4v) is 1.64. The number of hydrogen-bond donors (Lipinski definition) is 0. The smallest absolute Gasteiger partial charge is 0.159 e. The Bertz CT molecular complexity index is 409. The van der Waals surface area contributed by atoms with E-state index in [-0.39, 0.29) is 0 Å². The van der Waals surface area contributed by atoms with Crippen LogP contribution in [0.5, 0.6) is 0 Å². The molecular formula is C10H15N3S. The van der Waals surface area contributed by atoms with Gasteiger partial charge in [-0.15, -0.1) is 11.8 Å². The molecule has 0 bridgehead atoms. The van der Waals surface area contributed by atoms with Crippen LogP contribution in [-0.4, -0.2) is 20.9 Å². The number of rotatable bonds is 1. The van der Waals surface area contributed by atoms with E-state index in [4.69, 9.17) is 0 Å². The van der Waals surface area contributed by atoms with E-state index in [1.54, 1.807) is 11.8 Å². The number of aromatic nitrogens is 3. The van der Waals surface area contributed by atoms with Gasteiger partial charge in [-0.1, -0.05) is 13.8 Å². The maximum absolute atomic E-state index is 4.24. The lowest BCUT2D eigenvalue weighted by Crippen LogP contribution is -1.92. The Morgan fingerprint density at radius 2 is 2.07 bits per heavy atom. The second-order valence-corrected chi connectivity index (χ2v) is 3.38. The number of fused-ring (bicyclic) bond motifs is 1. The second kappa shape index (κ2) is 5.00. The van der Waals surface area contributed by atoms with E-state index in [9.17, 15) is 0 Å². The minimum atomic E-state index is 0.946. The highest BCUT2D eigenvalue weighted by atomic mass is 32.2. The average molecular weight is 209 g/mol. The molecule has 14 heavy (non-hydrogen) atoms. The van der Waals surface area contributed by atoms with Gasteiger partial charge in [0.05, 0.1) is 6.20 Å². The minimum absolute atomic E-state index is 0.946. The molecule has 0 fully saturated rings. The molecule has 2 heterocycles. The molecule has 76 valence electrons. The maximum Gasteiger partial charge on any atom is 0.159 e. The quantitative estimate of drug-likeness (QED) is 0.534. The van der Waals surface area contributed by atoms with Crippen LogP contribution in [0.4, 0.5) is 0 Å². The third-order valence-corrected chi connectivity index (χ3v) is 2.48. The van der Waals surface area contributed by atoms with E-state index in [1.807, 2.05) is 50.0 Å². The van der Waals surface area contributed by atoms with E-state index in [0.29, 0.717) is 0 Å². The lowest BCUT2D eigenvalue weighted by Gasteiger charge is -1.98. The topological polar surface area (TPSA) is 30.2 Å². The summed E-state index contributed by atoms with van der Waals surface area (Å²) >= 11 is 1.67. The maximum atomic E-state index is 4.24. The largest absolute Gasteiger partial charge is 0.237 e. The molecule has 0 N–H and O–H groups in total. The summed E-state index contributed by atoms with van der Waals surface area (Å²) in [5.41, 5.74) is 2.06. The van der Waals surface area contributed by atoms with Crippen molar-refractivity contribution in [3.05, 3.63) is 24.0 Å². The van der Waals surface area contributed by atoms with Crippen molar-refractivity contribution in [3.63, 3.8) is 0 Å². The average Bonchev–Trinajstić information content (AvgIpc) is 2.64. The minimum Gasteiger partial charge on any atom is -0.237 e. The highest BCUT2D eigenvalue weighted by Crippen LogP contribution is 2.16. The van der Waals surface area contributed by atoms with Gasteiger partial charge in [0, 0.05) is 11.8 Å². The first kappa shape index (κ1) is 11.0. The van der Waals surface area contributed by atoms with Gasteiger partial charge in [-0.3, -0.25) is 0 Å². The summed E-state index contributed by atoms with van der Waals surface area (Å²) in [7, 11) is 0. The third-order valence-electron chi connectivity index (χ3n) is 1.75. The van der Waals surface area contributed by atoms with Gasteiger partial charge in [0.25, 0.3) is 0 Å². The Morgan fingerprint density at radius 1 is 1.36 bits per heavy atom. The number of nitrogens with zero attached hydrogens (tertiary/aromatic N) is 3. The van der Waals surface area contributed by atoms with Gasteiger partial charge in [-0.25, -0.2) is 9.50 Å². The summed E-state index contributed by atoms with van der Waals surface area (Å²) in [5.74, 6) is 0. The highest BCUT2D eigenvalue weighted by molar-refractivity contribution is 7.98. The summed E-state index contributed by atoms with van der Waals surface area (Å²) in [4.78, 5) is 4.24. The lowest BCUT2D eigenvalue weighted by molar-refractivity contribution is 0.844. The van der Waals surface area contributed by atoms with Crippen LogP contribution in [-0.2, 0) is 0 Å². The van der Waals surface area contributed by atoms with Crippen LogP contribution >= 0.6 is 11.8 Å². The van der Waals surface area contributed by atoms with Gasteiger partial charge in [-0.2, -0.15) is 5.10 Å². The molecule has 0 saturated heterocycles. The summed E-state index contributed by atoms with van der Waals surface area (Å²) in [6, 6.07) is 1.96. The molecule has 0 saturated carbocycles. The number of aryl methyl sites for hydroxylation is 1. The van der Waals surface area contributed by atoms with E-state index in [1.165, 1.54) is 0 Å². The summed E-state index contributed by atoms with van der Waals surface area (Å²) in [6.45, 7) is 6.01. The van der Waals surface area contributed by atoms with Gasteiger partial charge in [-0.05, 0) is 19.2 Å². The van der Waals surface area contributed by atoms with Crippen molar-refractivity contribution < 1.29 is 0 Å². The predicted molar refractivity (Wildman–Crippen MR) is 60.9 cm³/mol. The molecule has 0 aromatic carbocycles. The van der Waals surface area contributed by atoms with Crippen LogP contribution < -0.4 is 0 Å². The van der Waals surface area contributed by atoms with Gasteiger partial charge in [0.1, 0.15) is 5.03 Å². The van der Waals surface area contributed by atoms with Crippen molar-refractivity contribution in [1.82, 2.24) is 14.6 Å². The molecule has 0 atom stereocenters. The highest BCUT2D eigenvalue weighted by Gasteiger charge is 2.02. The molecule has 2 rings (SSSR count). The Hall–Kier alpha value is -1.03. The Kier molecular flexibility index (Phi) is 3.95. The third kappa shape index (κ3) is 1.90. The van der Waals surface area contributed by atoms with Crippen molar-refractivity contribution in [1.29, 1.82) is 0 Å². The zero-order valence-corrected chi connectivity index (χ0v) is 9.80. The number of hydrogen-bond acceptors (Lipinski definition) is 3.